The molecule has 1 aromatic carbocycles. The number of carbonyl (C=O) groups is 1. The van der Waals surface area contributed by atoms with Gasteiger partial charge in [-0.25, -0.2) is 8.42 Å². The Kier molecular flexibility index (Phi) is 5.66. The molecule has 1 aliphatic rings. The van der Waals surface area contributed by atoms with E-state index in [2.05, 4.69) is 0 Å². The summed E-state index contributed by atoms with van der Waals surface area (Å²) in [6.07, 6.45) is 2.91. The normalized spacial score (nSPS) is 18.6. The summed E-state index contributed by atoms with van der Waals surface area (Å²) in [5, 5.41) is 0. The molecule has 1 aliphatic heterocycles. The Morgan fingerprint density at radius 2 is 2.04 bits per heavy atom. The number of sulfone groups is 1. The van der Waals surface area contributed by atoms with Gasteiger partial charge >= 0.3 is 0 Å². The van der Waals surface area contributed by atoms with Gasteiger partial charge in [0.05, 0.1) is 30.9 Å². The topological polar surface area (TPSA) is 76.8 Å². The summed E-state index contributed by atoms with van der Waals surface area (Å²) >= 11 is 0. The van der Waals surface area contributed by atoms with Crippen LogP contribution >= 0.6 is 0 Å². The van der Waals surface area contributed by atoms with Gasteiger partial charge in [-0.3, -0.25) is 4.79 Å². The van der Waals surface area contributed by atoms with E-state index in [-0.39, 0.29) is 30.0 Å². The Hall–Kier alpha value is -2.28. The third kappa shape index (κ3) is 4.46. The number of nitrogens with zero attached hydrogens (tertiary/aromatic N) is 1. The molecule has 1 amide bonds. The van der Waals surface area contributed by atoms with Gasteiger partial charge in [0, 0.05) is 11.6 Å². The van der Waals surface area contributed by atoms with Crippen molar-refractivity contribution in [3.63, 3.8) is 0 Å². The second-order valence-corrected chi connectivity index (χ2v) is 8.67. The van der Waals surface area contributed by atoms with Gasteiger partial charge in [0.2, 0.25) is 0 Å². The zero-order valence-corrected chi connectivity index (χ0v) is 15.6. The molecule has 0 N–H and O–H groups in total. The number of amides is 1. The SMILES string of the molecule is CCCOc1ccc(C(=O)N(Cc2ccco2)[C@H]2CCS(=O)(=O)C2)cc1. The van der Waals surface area contributed by atoms with Crippen LogP contribution in [0, 0.1) is 0 Å². The lowest BCUT2D eigenvalue weighted by molar-refractivity contribution is 0.0666. The molecule has 0 aliphatic carbocycles. The molecule has 0 spiro atoms. The maximum absolute atomic E-state index is 13.0. The second kappa shape index (κ2) is 7.95. The van der Waals surface area contributed by atoms with Crippen LogP contribution in [0.2, 0.25) is 0 Å². The highest BCUT2D eigenvalue weighted by molar-refractivity contribution is 7.91. The molecule has 0 saturated carbocycles. The third-order valence-electron chi connectivity index (χ3n) is 4.39. The van der Waals surface area contributed by atoms with Crippen LogP contribution < -0.4 is 4.74 Å². The summed E-state index contributed by atoms with van der Waals surface area (Å²) in [4.78, 5) is 14.6. The minimum Gasteiger partial charge on any atom is -0.494 e. The zero-order chi connectivity index (χ0) is 18.6. The van der Waals surface area contributed by atoms with Gasteiger partial charge in [-0.1, -0.05) is 6.92 Å². The molecule has 0 bridgehead atoms. The molecule has 2 aromatic rings. The predicted molar refractivity (Wildman–Crippen MR) is 97.9 cm³/mol. The van der Waals surface area contributed by atoms with E-state index in [9.17, 15) is 13.2 Å². The second-order valence-electron chi connectivity index (χ2n) is 6.44. The van der Waals surface area contributed by atoms with E-state index in [1.54, 1.807) is 47.6 Å². The Bertz CT molecular complexity index is 827. The van der Waals surface area contributed by atoms with Crippen molar-refractivity contribution in [3.8, 4) is 5.75 Å². The van der Waals surface area contributed by atoms with Crippen LogP contribution in [-0.2, 0) is 16.4 Å². The quantitative estimate of drug-likeness (QED) is 0.741. The van der Waals surface area contributed by atoms with Crippen molar-refractivity contribution in [2.75, 3.05) is 18.1 Å². The molecular weight excluding hydrogens is 354 g/mol. The van der Waals surface area contributed by atoms with Crippen molar-refractivity contribution < 1.29 is 22.4 Å². The van der Waals surface area contributed by atoms with Crippen LogP contribution in [0.25, 0.3) is 0 Å². The first-order chi connectivity index (χ1) is 12.5. The average molecular weight is 377 g/mol. The monoisotopic (exact) mass is 377 g/mol. The van der Waals surface area contributed by atoms with E-state index >= 15 is 0 Å². The minimum absolute atomic E-state index is 0.00283. The van der Waals surface area contributed by atoms with Crippen molar-refractivity contribution in [1.82, 2.24) is 4.90 Å². The summed E-state index contributed by atoms with van der Waals surface area (Å²) in [5.41, 5.74) is 0.504. The lowest BCUT2D eigenvalue weighted by Crippen LogP contribution is -2.40. The smallest absolute Gasteiger partial charge is 0.254 e. The molecule has 6 nitrogen and oxygen atoms in total. The van der Waals surface area contributed by atoms with E-state index in [4.69, 9.17) is 9.15 Å². The van der Waals surface area contributed by atoms with Crippen molar-refractivity contribution in [2.45, 2.75) is 32.4 Å². The van der Waals surface area contributed by atoms with Crippen LogP contribution in [0.1, 0.15) is 35.9 Å². The lowest BCUT2D eigenvalue weighted by Gasteiger charge is -2.27. The number of hydrogen-bond donors (Lipinski definition) is 0. The molecule has 1 aromatic heterocycles. The fourth-order valence-electron chi connectivity index (χ4n) is 3.04. The van der Waals surface area contributed by atoms with Crippen molar-refractivity contribution in [1.29, 1.82) is 0 Å². The first-order valence-corrected chi connectivity index (χ1v) is 10.6. The molecule has 1 saturated heterocycles. The molecule has 0 unspecified atom stereocenters. The van der Waals surface area contributed by atoms with E-state index in [0.29, 0.717) is 30.1 Å². The molecule has 26 heavy (non-hydrogen) atoms. The van der Waals surface area contributed by atoms with Crippen molar-refractivity contribution >= 4 is 15.7 Å². The number of carbonyl (C=O) groups excluding carboxylic acids is 1. The summed E-state index contributed by atoms with van der Waals surface area (Å²) < 4.78 is 34.7. The number of benzene rings is 1. The number of rotatable bonds is 7. The van der Waals surface area contributed by atoms with Crippen molar-refractivity contribution in [3.05, 3.63) is 54.0 Å². The number of ether oxygens (including phenoxy) is 1. The maximum atomic E-state index is 13.0. The van der Waals surface area contributed by atoms with Crippen LogP contribution in [-0.4, -0.2) is 43.4 Å². The van der Waals surface area contributed by atoms with Gasteiger partial charge < -0.3 is 14.1 Å². The third-order valence-corrected chi connectivity index (χ3v) is 6.14. The van der Waals surface area contributed by atoms with E-state index < -0.39 is 9.84 Å². The maximum Gasteiger partial charge on any atom is 0.254 e. The summed E-state index contributed by atoms with van der Waals surface area (Å²) in [6.45, 7) is 2.90. The summed E-state index contributed by atoms with van der Waals surface area (Å²) in [6, 6.07) is 10.2. The highest BCUT2D eigenvalue weighted by Gasteiger charge is 2.35. The van der Waals surface area contributed by atoms with Gasteiger partial charge in [0.1, 0.15) is 11.5 Å². The van der Waals surface area contributed by atoms with Crippen LogP contribution in [0.5, 0.6) is 5.75 Å². The molecule has 2 heterocycles. The predicted octanol–water partition coefficient (Wildman–Crippen LogP) is 2.90. The number of hydrogen-bond acceptors (Lipinski definition) is 5. The van der Waals surface area contributed by atoms with E-state index in [0.717, 1.165) is 6.42 Å². The van der Waals surface area contributed by atoms with E-state index in [1.807, 2.05) is 6.92 Å². The highest BCUT2D eigenvalue weighted by atomic mass is 32.2. The lowest BCUT2D eigenvalue weighted by atomic mass is 10.1. The zero-order valence-electron chi connectivity index (χ0n) is 14.8. The molecule has 3 rings (SSSR count). The van der Waals surface area contributed by atoms with Crippen LogP contribution in [0.4, 0.5) is 0 Å². The first-order valence-electron chi connectivity index (χ1n) is 8.75. The van der Waals surface area contributed by atoms with Gasteiger partial charge in [0.15, 0.2) is 9.84 Å². The molecular formula is C19H23NO5S. The summed E-state index contributed by atoms with van der Waals surface area (Å²) in [7, 11) is -3.10. The fraction of sp³-hybridized carbons (Fsp3) is 0.421. The van der Waals surface area contributed by atoms with Crippen molar-refractivity contribution in [2.24, 2.45) is 0 Å². The summed E-state index contributed by atoms with van der Waals surface area (Å²) in [5.74, 6) is 1.25. The largest absolute Gasteiger partial charge is 0.494 e. The van der Waals surface area contributed by atoms with E-state index in [1.165, 1.54) is 0 Å². The Labute approximate surface area is 153 Å². The molecule has 1 atom stereocenters. The van der Waals surface area contributed by atoms with Crippen LogP contribution in [0.15, 0.2) is 47.1 Å². The molecule has 0 radical (unpaired) electrons. The molecule has 140 valence electrons. The standard InChI is InChI=1S/C19H23NO5S/c1-2-10-24-17-7-5-15(6-8-17)19(21)20(13-18-4-3-11-25-18)16-9-12-26(22,23)14-16/h3-8,11,16H,2,9-10,12-14H2,1H3/t16-/m0/s1. The first kappa shape index (κ1) is 18.5. The Morgan fingerprint density at radius 3 is 2.62 bits per heavy atom. The molecule has 1 fully saturated rings. The highest BCUT2D eigenvalue weighted by Crippen LogP contribution is 2.23. The van der Waals surface area contributed by atoms with Gasteiger partial charge in [-0.15, -0.1) is 0 Å². The number of furan rings is 1. The molecule has 7 heteroatoms. The average Bonchev–Trinajstić information content (AvgIpc) is 3.27. The van der Waals surface area contributed by atoms with Gasteiger partial charge in [-0.2, -0.15) is 0 Å². The Balaban J connectivity index is 1.80. The van der Waals surface area contributed by atoms with Gasteiger partial charge in [0.25, 0.3) is 5.91 Å². The van der Waals surface area contributed by atoms with Gasteiger partial charge in [-0.05, 0) is 49.2 Å². The fourth-order valence-corrected chi connectivity index (χ4v) is 4.77. The minimum atomic E-state index is -3.10. The van der Waals surface area contributed by atoms with Crippen LogP contribution in [0.3, 0.4) is 0 Å². The Morgan fingerprint density at radius 1 is 1.27 bits per heavy atom.